The van der Waals surface area contributed by atoms with Crippen molar-refractivity contribution in [1.82, 2.24) is 10.3 Å². The molecule has 0 unspecified atom stereocenters. The van der Waals surface area contributed by atoms with E-state index in [2.05, 4.69) is 15.8 Å². The number of fused-ring (bicyclic) bond motifs is 1. The van der Waals surface area contributed by atoms with Gasteiger partial charge in [0, 0.05) is 10.6 Å². The zero-order chi connectivity index (χ0) is 16.2. The lowest BCUT2D eigenvalue weighted by atomic mass is 10.2. The first kappa shape index (κ1) is 14.9. The molecule has 0 saturated heterocycles. The Morgan fingerprint density at radius 2 is 1.91 bits per heavy atom. The molecule has 2 N–H and O–H groups in total. The minimum absolute atomic E-state index is 0.248. The Hall–Kier alpha value is -3.06. The maximum absolute atomic E-state index is 12.0. The quantitative estimate of drug-likeness (QED) is 0.715. The second kappa shape index (κ2) is 6.37. The van der Waals surface area contributed by atoms with Crippen LogP contribution in [0.4, 0.5) is 10.5 Å². The lowest BCUT2D eigenvalue weighted by Crippen LogP contribution is -2.32. The Labute approximate surface area is 135 Å². The van der Waals surface area contributed by atoms with Gasteiger partial charge in [0.25, 0.3) is 5.91 Å². The molecule has 3 aromatic rings. The highest BCUT2D eigenvalue weighted by atomic mass is 35.5. The molecule has 0 aliphatic heterocycles. The van der Waals surface area contributed by atoms with Crippen molar-refractivity contribution >= 4 is 40.4 Å². The van der Waals surface area contributed by atoms with Crippen molar-refractivity contribution < 1.29 is 18.8 Å². The minimum Gasteiger partial charge on any atom is -0.443 e. The van der Waals surface area contributed by atoms with E-state index in [1.807, 2.05) is 0 Å². The molecule has 0 atom stereocenters. The number of imide groups is 1. The normalized spacial score (nSPS) is 10.3. The molecule has 116 valence electrons. The van der Waals surface area contributed by atoms with Crippen LogP contribution >= 0.6 is 11.6 Å². The van der Waals surface area contributed by atoms with Crippen LogP contribution in [0.1, 0.15) is 10.4 Å². The fourth-order valence-corrected chi connectivity index (χ4v) is 1.94. The van der Waals surface area contributed by atoms with Crippen molar-refractivity contribution in [2.45, 2.75) is 0 Å². The average molecular weight is 332 g/mol. The molecule has 0 saturated carbocycles. The second-order valence-corrected chi connectivity index (χ2v) is 4.92. The topological polar surface area (TPSA) is 93.5 Å². The summed E-state index contributed by atoms with van der Waals surface area (Å²) in [6.45, 7) is 0. The summed E-state index contributed by atoms with van der Waals surface area (Å²) in [5, 5.41) is 2.64. The standard InChI is InChI=1S/C15H10ClN3O4/c16-10-2-4-11(5-3-10)19-23-15(21)18-14(20)9-1-6-12-13(7-9)22-8-17-12/h1-8,19H,(H,18,20,21). The van der Waals surface area contributed by atoms with E-state index in [1.165, 1.54) is 18.5 Å². The van der Waals surface area contributed by atoms with E-state index in [9.17, 15) is 9.59 Å². The van der Waals surface area contributed by atoms with Gasteiger partial charge in [-0.15, -0.1) is 0 Å². The highest BCUT2D eigenvalue weighted by molar-refractivity contribution is 6.30. The number of rotatable bonds is 3. The zero-order valence-corrected chi connectivity index (χ0v) is 12.3. The number of nitrogens with zero attached hydrogens (tertiary/aromatic N) is 1. The molecule has 23 heavy (non-hydrogen) atoms. The van der Waals surface area contributed by atoms with Crippen LogP contribution in [-0.2, 0) is 4.84 Å². The van der Waals surface area contributed by atoms with Crippen molar-refractivity contribution in [3.8, 4) is 0 Å². The average Bonchev–Trinajstić information content (AvgIpc) is 3.02. The van der Waals surface area contributed by atoms with E-state index in [0.717, 1.165) is 0 Å². The van der Waals surface area contributed by atoms with Crippen molar-refractivity contribution in [3.05, 3.63) is 59.4 Å². The van der Waals surface area contributed by atoms with Crippen molar-refractivity contribution in [3.63, 3.8) is 0 Å². The number of amides is 2. The summed E-state index contributed by atoms with van der Waals surface area (Å²) in [6, 6.07) is 11.1. The molecule has 1 heterocycles. The number of anilines is 1. The van der Waals surface area contributed by atoms with Gasteiger partial charge in [0.1, 0.15) is 5.52 Å². The molecule has 0 aliphatic rings. The maximum atomic E-state index is 12.0. The fourth-order valence-electron chi connectivity index (χ4n) is 1.81. The van der Waals surface area contributed by atoms with Gasteiger partial charge in [0.05, 0.1) is 5.69 Å². The molecule has 0 fully saturated rings. The van der Waals surface area contributed by atoms with Crippen LogP contribution in [0.15, 0.2) is 53.3 Å². The summed E-state index contributed by atoms with van der Waals surface area (Å²) < 4.78 is 5.10. The number of hydrogen-bond donors (Lipinski definition) is 2. The van der Waals surface area contributed by atoms with Crippen LogP contribution in [0, 0.1) is 0 Å². The third-order valence-corrected chi connectivity index (χ3v) is 3.17. The zero-order valence-electron chi connectivity index (χ0n) is 11.6. The summed E-state index contributed by atoms with van der Waals surface area (Å²) in [5.41, 5.74) is 4.23. The van der Waals surface area contributed by atoms with E-state index < -0.39 is 12.0 Å². The number of carbonyl (C=O) groups is 2. The molecule has 3 rings (SSSR count). The number of oxazole rings is 1. The van der Waals surface area contributed by atoms with Gasteiger partial charge in [0.15, 0.2) is 12.0 Å². The van der Waals surface area contributed by atoms with Gasteiger partial charge in [-0.1, -0.05) is 11.6 Å². The van der Waals surface area contributed by atoms with Crippen LogP contribution in [0.25, 0.3) is 11.1 Å². The highest BCUT2D eigenvalue weighted by Crippen LogP contribution is 2.15. The molecule has 7 nitrogen and oxygen atoms in total. The lowest BCUT2D eigenvalue weighted by molar-refractivity contribution is 0.0936. The van der Waals surface area contributed by atoms with Gasteiger partial charge in [0.2, 0.25) is 0 Å². The van der Waals surface area contributed by atoms with Crippen LogP contribution in [-0.4, -0.2) is 17.0 Å². The third kappa shape index (κ3) is 3.58. The number of halogens is 1. The van der Waals surface area contributed by atoms with Gasteiger partial charge < -0.3 is 9.25 Å². The fraction of sp³-hybridized carbons (Fsp3) is 0. The molecular formula is C15H10ClN3O4. The Morgan fingerprint density at radius 3 is 2.70 bits per heavy atom. The first-order valence-electron chi connectivity index (χ1n) is 6.49. The predicted molar refractivity (Wildman–Crippen MR) is 83.0 cm³/mol. The Balaban J connectivity index is 1.58. The molecule has 0 bridgehead atoms. The smallest absolute Gasteiger partial charge is 0.438 e. The number of carbonyl (C=O) groups excluding carboxylic acids is 2. The summed E-state index contributed by atoms with van der Waals surface area (Å²) in [4.78, 5) is 32.2. The molecule has 0 radical (unpaired) electrons. The second-order valence-electron chi connectivity index (χ2n) is 4.49. The molecular weight excluding hydrogens is 322 g/mol. The number of aromatic nitrogens is 1. The predicted octanol–water partition coefficient (Wildman–Crippen LogP) is 3.37. The molecule has 0 spiro atoms. The lowest BCUT2D eigenvalue weighted by Gasteiger charge is -2.07. The number of nitrogens with one attached hydrogen (secondary N) is 2. The Morgan fingerprint density at radius 1 is 1.13 bits per heavy atom. The van der Waals surface area contributed by atoms with Crippen molar-refractivity contribution in [1.29, 1.82) is 0 Å². The Kier molecular flexibility index (Phi) is 4.11. The summed E-state index contributed by atoms with van der Waals surface area (Å²) >= 11 is 5.74. The van der Waals surface area contributed by atoms with E-state index in [0.29, 0.717) is 21.8 Å². The summed E-state index contributed by atoms with van der Waals surface area (Å²) in [7, 11) is 0. The molecule has 2 amide bonds. The van der Waals surface area contributed by atoms with Gasteiger partial charge in [-0.2, -0.15) is 0 Å². The molecule has 2 aromatic carbocycles. The SMILES string of the molecule is O=C(NC(=O)c1ccc2ncoc2c1)ONc1ccc(Cl)cc1. The van der Waals surface area contributed by atoms with Crippen LogP contribution < -0.4 is 10.8 Å². The van der Waals surface area contributed by atoms with E-state index in [-0.39, 0.29) is 5.56 Å². The van der Waals surface area contributed by atoms with E-state index >= 15 is 0 Å². The van der Waals surface area contributed by atoms with Crippen molar-refractivity contribution in [2.24, 2.45) is 0 Å². The molecule has 0 aliphatic carbocycles. The van der Waals surface area contributed by atoms with Gasteiger partial charge in [-0.3, -0.25) is 10.1 Å². The first-order valence-corrected chi connectivity index (χ1v) is 6.86. The minimum atomic E-state index is -0.942. The number of benzene rings is 2. The van der Waals surface area contributed by atoms with Crippen LogP contribution in [0.5, 0.6) is 0 Å². The highest BCUT2D eigenvalue weighted by Gasteiger charge is 2.13. The summed E-state index contributed by atoms with van der Waals surface area (Å²) in [5.74, 6) is -0.619. The number of hydrogen-bond acceptors (Lipinski definition) is 6. The maximum Gasteiger partial charge on any atom is 0.438 e. The summed E-state index contributed by atoms with van der Waals surface area (Å²) in [6.07, 6.45) is 0.332. The molecule has 8 heteroatoms. The largest absolute Gasteiger partial charge is 0.443 e. The Bertz CT molecular complexity index is 861. The van der Waals surface area contributed by atoms with Crippen molar-refractivity contribution in [2.75, 3.05) is 5.48 Å². The van der Waals surface area contributed by atoms with Gasteiger partial charge in [-0.05, 0) is 42.5 Å². The van der Waals surface area contributed by atoms with Crippen LogP contribution in [0.2, 0.25) is 5.02 Å². The van der Waals surface area contributed by atoms with E-state index in [1.54, 1.807) is 30.3 Å². The monoisotopic (exact) mass is 331 g/mol. The molecule has 1 aromatic heterocycles. The van der Waals surface area contributed by atoms with Crippen LogP contribution in [0.3, 0.4) is 0 Å². The van der Waals surface area contributed by atoms with Gasteiger partial charge in [-0.25, -0.2) is 15.3 Å². The van der Waals surface area contributed by atoms with E-state index in [4.69, 9.17) is 20.9 Å². The third-order valence-electron chi connectivity index (χ3n) is 2.91. The first-order chi connectivity index (χ1) is 11.1. The van der Waals surface area contributed by atoms with Gasteiger partial charge >= 0.3 is 6.09 Å².